The summed E-state index contributed by atoms with van der Waals surface area (Å²) in [4.78, 5) is 11.2. The highest BCUT2D eigenvalue weighted by Gasteiger charge is 2.02. The molecule has 102 valence electrons. The summed E-state index contributed by atoms with van der Waals surface area (Å²) < 4.78 is 13.0. The van der Waals surface area contributed by atoms with Crippen LogP contribution in [0.3, 0.4) is 0 Å². The normalized spacial score (nSPS) is 9.90. The maximum Gasteiger partial charge on any atom is 0.175 e. The number of carbonyl (C=O) groups is 1. The third-order valence-corrected chi connectivity index (χ3v) is 2.84. The molecule has 0 aliphatic rings. The largest absolute Gasteiger partial charge is 0.332 e. The smallest absolute Gasteiger partial charge is 0.175 e. The minimum Gasteiger partial charge on any atom is -0.332 e. The van der Waals surface area contributed by atoms with Gasteiger partial charge in [-0.1, -0.05) is 6.07 Å². The van der Waals surface area contributed by atoms with Gasteiger partial charge in [-0.3, -0.25) is 4.79 Å². The van der Waals surface area contributed by atoms with E-state index in [1.165, 1.54) is 19.1 Å². The van der Waals surface area contributed by atoms with Gasteiger partial charge in [-0.2, -0.15) is 0 Å². The Morgan fingerprint density at radius 2 is 1.70 bits per heavy atom. The van der Waals surface area contributed by atoms with Gasteiger partial charge in [0.25, 0.3) is 0 Å². The highest BCUT2D eigenvalue weighted by atomic mass is 32.1. The van der Waals surface area contributed by atoms with Crippen LogP contribution in [0.5, 0.6) is 0 Å². The predicted octanol–water partition coefficient (Wildman–Crippen LogP) is 3.84. The van der Waals surface area contributed by atoms with Gasteiger partial charge >= 0.3 is 0 Å². The van der Waals surface area contributed by atoms with E-state index in [2.05, 4.69) is 10.6 Å². The summed E-state index contributed by atoms with van der Waals surface area (Å²) in [6, 6.07) is 13.0. The topological polar surface area (TPSA) is 41.1 Å². The molecule has 5 heteroatoms. The molecule has 0 aliphatic carbocycles. The van der Waals surface area contributed by atoms with Crippen LogP contribution in [0.4, 0.5) is 15.8 Å². The third kappa shape index (κ3) is 3.86. The first-order valence-electron chi connectivity index (χ1n) is 5.99. The van der Waals surface area contributed by atoms with Crippen LogP contribution in [-0.4, -0.2) is 10.9 Å². The Bertz CT molecular complexity index is 641. The van der Waals surface area contributed by atoms with Gasteiger partial charge in [0.2, 0.25) is 0 Å². The van der Waals surface area contributed by atoms with Crippen LogP contribution in [0.1, 0.15) is 17.3 Å². The average molecular weight is 288 g/mol. The monoisotopic (exact) mass is 288 g/mol. The van der Waals surface area contributed by atoms with Crippen LogP contribution in [0.15, 0.2) is 48.5 Å². The fourth-order valence-electron chi connectivity index (χ4n) is 1.65. The molecule has 0 fully saturated rings. The minimum atomic E-state index is -0.330. The molecule has 20 heavy (non-hydrogen) atoms. The van der Waals surface area contributed by atoms with Crippen LogP contribution < -0.4 is 10.6 Å². The van der Waals surface area contributed by atoms with E-state index in [9.17, 15) is 9.18 Å². The van der Waals surface area contributed by atoms with Gasteiger partial charge in [-0.25, -0.2) is 4.39 Å². The molecule has 2 aromatic carbocycles. The second-order valence-electron chi connectivity index (χ2n) is 4.22. The van der Waals surface area contributed by atoms with Crippen molar-refractivity contribution in [2.75, 3.05) is 10.6 Å². The quantitative estimate of drug-likeness (QED) is 0.665. The summed E-state index contributed by atoms with van der Waals surface area (Å²) >= 11 is 5.13. The number of hydrogen-bond acceptors (Lipinski definition) is 2. The lowest BCUT2D eigenvalue weighted by molar-refractivity contribution is 0.101. The van der Waals surface area contributed by atoms with Crippen molar-refractivity contribution >= 4 is 34.5 Å². The number of nitrogens with one attached hydrogen (secondary N) is 2. The van der Waals surface area contributed by atoms with Gasteiger partial charge in [0.1, 0.15) is 5.82 Å². The predicted molar refractivity (Wildman–Crippen MR) is 82.7 cm³/mol. The van der Waals surface area contributed by atoms with Gasteiger partial charge in [-0.05, 0) is 61.6 Å². The minimum absolute atomic E-state index is 0.0111. The first-order valence-corrected chi connectivity index (χ1v) is 6.40. The number of rotatable bonds is 3. The Morgan fingerprint density at radius 3 is 2.30 bits per heavy atom. The Balaban J connectivity index is 1.99. The number of thiocarbonyl (C=S) groups is 1. The van der Waals surface area contributed by atoms with Crippen molar-refractivity contribution in [3.63, 3.8) is 0 Å². The van der Waals surface area contributed by atoms with Crippen molar-refractivity contribution in [1.29, 1.82) is 0 Å². The zero-order chi connectivity index (χ0) is 14.5. The molecule has 0 spiro atoms. The fraction of sp³-hybridized carbons (Fsp3) is 0.0667. The number of ketones is 1. The summed E-state index contributed by atoms with van der Waals surface area (Å²) in [6.45, 7) is 1.51. The van der Waals surface area contributed by atoms with E-state index in [4.69, 9.17) is 12.2 Å². The number of halogens is 1. The number of Topliss-reactive ketones (excluding diaryl/α,β-unsaturated/α-hetero) is 1. The van der Waals surface area contributed by atoms with E-state index in [1.54, 1.807) is 36.4 Å². The zero-order valence-corrected chi connectivity index (χ0v) is 11.6. The molecule has 0 aromatic heterocycles. The van der Waals surface area contributed by atoms with Crippen molar-refractivity contribution in [3.05, 3.63) is 59.9 Å². The number of hydrogen-bond donors (Lipinski definition) is 2. The van der Waals surface area contributed by atoms with E-state index in [1.807, 2.05) is 0 Å². The van der Waals surface area contributed by atoms with Crippen molar-refractivity contribution in [3.8, 4) is 0 Å². The summed E-state index contributed by atoms with van der Waals surface area (Å²) in [5.74, 6) is -0.319. The first-order chi connectivity index (χ1) is 9.54. The lowest BCUT2D eigenvalue weighted by atomic mass is 10.1. The Morgan fingerprint density at radius 1 is 1.05 bits per heavy atom. The molecule has 3 nitrogen and oxygen atoms in total. The molecule has 0 bridgehead atoms. The third-order valence-electron chi connectivity index (χ3n) is 2.63. The highest BCUT2D eigenvalue weighted by molar-refractivity contribution is 7.80. The van der Waals surface area contributed by atoms with E-state index in [0.29, 0.717) is 16.4 Å². The molecule has 0 saturated carbocycles. The van der Waals surface area contributed by atoms with E-state index < -0.39 is 0 Å². The SMILES string of the molecule is CC(=O)c1ccc(NC(=S)Nc2cccc(F)c2)cc1. The summed E-state index contributed by atoms with van der Waals surface area (Å²) in [5, 5.41) is 6.20. The number of anilines is 2. The summed E-state index contributed by atoms with van der Waals surface area (Å²) in [5.41, 5.74) is 1.96. The van der Waals surface area contributed by atoms with Crippen LogP contribution in [0.2, 0.25) is 0 Å². The molecule has 0 radical (unpaired) electrons. The van der Waals surface area contributed by atoms with E-state index >= 15 is 0 Å². The van der Waals surface area contributed by atoms with Crippen molar-refractivity contribution in [2.24, 2.45) is 0 Å². The Hall–Kier alpha value is -2.27. The summed E-state index contributed by atoms with van der Waals surface area (Å²) in [6.07, 6.45) is 0. The first kappa shape index (κ1) is 14.1. The standard InChI is InChI=1S/C15H13FN2OS/c1-10(19)11-5-7-13(8-6-11)17-15(20)18-14-4-2-3-12(16)9-14/h2-9H,1H3,(H2,17,18,20). The van der Waals surface area contributed by atoms with Crippen LogP contribution in [0.25, 0.3) is 0 Å². The Labute approximate surface area is 121 Å². The van der Waals surface area contributed by atoms with Gasteiger partial charge in [0.15, 0.2) is 10.9 Å². The van der Waals surface area contributed by atoms with Crippen LogP contribution in [0, 0.1) is 5.82 Å². The van der Waals surface area contributed by atoms with Gasteiger partial charge in [-0.15, -0.1) is 0 Å². The Kier molecular flexibility index (Phi) is 4.42. The number of benzene rings is 2. The molecule has 2 aromatic rings. The molecule has 0 atom stereocenters. The van der Waals surface area contributed by atoms with Crippen molar-refractivity contribution < 1.29 is 9.18 Å². The van der Waals surface area contributed by atoms with Gasteiger partial charge in [0, 0.05) is 16.9 Å². The molecule has 0 heterocycles. The molecule has 2 rings (SSSR count). The molecule has 0 amide bonds. The van der Waals surface area contributed by atoms with Crippen LogP contribution in [-0.2, 0) is 0 Å². The van der Waals surface area contributed by atoms with Crippen molar-refractivity contribution in [2.45, 2.75) is 6.92 Å². The average Bonchev–Trinajstić information content (AvgIpc) is 2.39. The molecule has 0 aliphatic heterocycles. The highest BCUT2D eigenvalue weighted by Crippen LogP contribution is 2.12. The van der Waals surface area contributed by atoms with Gasteiger partial charge < -0.3 is 10.6 Å². The van der Waals surface area contributed by atoms with E-state index in [-0.39, 0.29) is 11.6 Å². The van der Waals surface area contributed by atoms with Crippen molar-refractivity contribution in [1.82, 2.24) is 0 Å². The zero-order valence-electron chi connectivity index (χ0n) is 10.8. The molecule has 2 N–H and O–H groups in total. The maximum absolute atomic E-state index is 13.0. The lowest BCUT2D eigenvalue weighted by Gasteiger charge is -2.10. The molecule has 0 saturated heterocycles. The maximum atomic E-state index is 13.0. The molecular formula is C15H13FN2OS. The van der Waals surface area contributed by atoms with Gasteiger partial charge in [0.05, 0.1) is 0 Å². The van der Waals surface area contributed by atoms with E-state index in [0.717, 1.165) is 5.69 Å². The summed E-state index contributed by atoms with van der Waals surface area (Å²) in [7, 11) is 0. The molecular weight excluding hydrogens is 275 g/mol. The second kappa shape index (κ2) is 6.25. The lowest BCUT2D eigenvalue weighted by Crippen LogP contribution is -2.19. The number of carbonyl (C=O) groups excluding carboxylic acids is 1. The van der Waals surface area contributed by atoms with Crippen LogP contribution >= 0.6 is 12.2 Å². The second-order valence-corrected chi connectivity index (χ2v) is 4.63. The fourth-order valence-corrected chi connectivity index (χ4v) is 1.88. The molecule has 0 unspecified atom stereocenters.